The summed E-state index contributed by atoms with van der Waals surface area (Å²) in [5.74, 6) is -1.62. The van der Waals surface area contributed by atoms with Gasteiger partial charge in [-0.1, -0.05) is 43.6 Å². The molecule has 10 heteroatoms. The van der Waals surface area contributed by atoms with E-state index in [0.29, 0.717) is 11.4 Å². The second kappa shape index (κ2) is 10.1. The number of carbonyl (C=O) groups excluding carboxylic acids is 3. The van der Waals surface area contributed by atoms with Crippen LogP contribution in [0, 0.1) is 0 Å². The second-order valence-corrected chi connectivity index (χ2v) is 8.99. The van der Waals surface area contributed by atoms with Crippen molar-refractivity contribution in [1.82, 2.24) is 0 Å². The summed E-state index contributed by atoms with van der Waals surface area (Å²) in [5, 5.41) is 4.97. The fraction of sp³-hybridized carbons (Fsp3) is 0.148. The lowest BCUT2D eigenvalue weighted by molar-refractivity contribution is -0.137. The molecule has 0 aliphatic carbocycles. The van der Waals surface area contributed by atoms with Gasteiger partial charge in [-0.05, 0) is 66.1 Å². The third-order valence-electron chi connectivity index (χ3n) is 5.71. The fourth-order valence-electron chi connectivity index (χ4n) is 3.68. The van der Waals surface area contributed by atoms with Crippen molar-refractivity contribution in [3.63, 3.8) is 0 Å². The number of halogens is 4. The molecule has 0 atom stereocenters. The highest BCUT2D eigenvalue weighted by molar-refractivity contribution is 6.53. The highest BCUT2D eigenvalue weighted by Gasteiger charge is 2.39. The molecule has 0 fully saturated rings. The van der Waals surface area contributed by atoms with Crippen molar-refractivity contribution < 1.29 is 27.6 Å². The first kappa shape index (κ1) is 26.0. The molecule has 3 aromatic rings. The zero-order valence-corrected chi connectivity index (χ0v) is 20.4. The number of hydrogen-bond donors (Lipinski definition) is 2. The van der Waals surface area contributed by atoms with Crippen LogP contribution < -0.4 is 15.5 Å². The molecule has 4 rings (SSSR count). The van der Waals surface area contributed by atoms with Gasteiger partial charge in [-0.2, -0.15) is 13.2 Å². The third-order valence-corrected chi connectivity index (χ3v) is 6.06. The summed E-state index contributed by atoms with van der Waals surface area (Å²) in [6.07, 6.45) is -4.53. The lowest BCUT2D eigenvalue weighted by Crippen LogP contribution is -2.32. The van der Waals surface area contributed by atoms with Gasteiger partial charge in [-0.15, -0.1) is 0 Å². The molecule has 0 spiro atoms. The van der Waals surface area contributed by atoms with Gasteiger partial charge in [-0.3, -0.25) is 14.4 Å². The van der Waals surface area contributed by atoms with Gasteiger partial charge in [0, 0.05) is 16.9 Å². The largest absolute Gasteiger partial charge is 0.416 e. The Morgan fingerprint density at radius 2 is 1.54 bits per heavy atom. The molecule has 0 aromatic heterocycles. The maximum atomic E-state index is 13.0. The minimum absolute atomic E-state index is 0.00412. The molecule has 0 bridgehead atoms. The lowest BCUT2D eigenvalue weighted by Gasteiger charge is -2.16. The number of imide groups is 1. The number of amides is 3. The van der Waals surface area contributed by atoms with E-state index in [9.17, 15) is 27.6 Å². The van der Waals surface area contributed by atoms with Crippen molar-refractivity contribution in [1.29, 1.82) is 0 Å². The number of nitrogens with zero attached hydrogens (tertiary/aromatic N) is 1. The van der Waals surface area contributed by atoms with Crippen molar-refractivity contribution in [2.45, 2.75) is 25.9 Å². The van der Waals surface area contributed by atoms with Crippen molar-refractivity contribution >= 4 is 46.4 Å². The molecule has 190 valence electrons. The van der Waals surface area contributed by atoms with Crippen LogP contribution in [-0.4, -0.2) is 17.7 Å². The van der Waals surface area contributed by atoms with E-state index in [1.807, 2.05) is 26.0 Å². The molecule has 1 aliphatic rings. The monoisotopic (exact) mass is 527 g/mol. The topological polar surface area (TPSA) is 78.5 Å². The van der Waals surface area contributed by atoms with Crippen molar-refractivity contribution in [2.75, 3.05) is 15.5 Å². The Morgan fingerprint density at radius 1 is 0.892 bits per heavy atom. The van der Waals surface area contributed by atoms with Crippen LogP contribution in [0.15, 0.2) is 83.5 Å². The van der Waals surface area contributed by atoms with E-state index in [0.717, 1.165) is 22.6 Å². The zero-order chi connectivity index (χ0) is 26.9. The van der Waals surface area contributed by atoms with Gasteiger partial charge >= 0.3 is 6.18 Å². The minimum Gasteiger partial charge on any atom is -0.350 e. The lowest BCUT2D eigenvalue weighted by atomic mass is 10.0. The normalized spacial score (nSPS) is 14.0. The van der Waals surface area contributed by atoms with Crippen LogP contribution in [0.4, 0.5) is 30.2 Å². The highest BCUT2D eigenvalue weighted by Crippen LogP contribution is 2.32. The molecule has 3 amide bonds. The third kappa shape index (κ3) is 5.51. The van der Waals surface area contributed by atoms with Crippen LogP contribution in [0.2, 0.25) is 0 Å². The number of alkyl halides is 3. The van der Waals surface area contributed by atoms with E-state index in [4.69, 9.17) is 11.6 Å². The second-order valence-electron chi connectivity index (χ2n) is 8.62. The number of carbonyl (C=O) groups is 3. The van der Waals surface area contributed by atoms with Crippen molar-refractivity contribution in [3.05, 3.63) is 100 Å². The fourth-order valence-corrected chi connectivity index (χ4v) is 3.89. The first-order chi connectivity index (χ1) is 17.5. The van der Waals surface area contributed by atoms with Crippen molar-refractivity contribution in [2.24, 2.45) is 0 Å². The molecular formula is C27H21ClF3N3O3. The molecule has 0 saturated heterocycles. The minimum atomic E-state index is -4.53. The van der Waals surface area contributed by atoms with Crippen LogP contribution >= 0.6 is 11.6 Å². The summed E-state index contributed by atoms with van der Waals surface area (Å²) >= 11 is 6.18. The molecule has 0 radical (unpaired) electrons. The first-order valence-electron chi connectivity index (χ1n) is 11.2. The van der Waals surface area contributed by atoms with Gasteiger partial charge in [0.1, 0.15) is 10.7 Å². The zero-order valence-electron chi connectivity index (χ0n) is 19.7. The summed E-state index contributed by atoms with van der Waals surface area (Å²) in [5.41, 5.74) is 0.992. The van der Waals surface area contributed by atoms with Crippen LogP contribution in [-0.2, 0) is 15.8 Å². The number of nitrogens with one attached hydrogen (secondary N) is 2. The van der Waals surface area contributed by atoms with E-state index in [-0.39, 0.29) is 27.9 Å². The van der Waals surface area contributed by atoms with Crippen LogP contribution in [0.5, 0.6) is 0 Å². The average molecular weight is 528 g/mol. The van der Waals surface area contributed by atoms with Gasteiger partial charge in [0.25, 0.3) is 17.7 Å². The van der Waals surface area contributed by atoms with Gasteiger partial charge in [0.2, 0.25) is 0 Å². The van der Waals surface area contributed by atoms with Crippen molar-refractivity contribution in [3.8, 4) is 0 Å². The Morgan fingerprint density at radius 3 is 2.14 bits per heavy atom. The predicted octanol–water partition coefficient (Wildman–Crippen LogP) is 6.52. The standard InChI is InChI=1S/C27H21ClF3N3O3/c1-15(2)16-8-12-21(13-9-16)34-25(36)22(28)23(26(34)37)32-19-10-6-17(7-11-19)24(35)33-20-5-3-4-18(14-20)27(29,30)31/h3-15,32H,1-2H3,(H,33,35). The smallest absolute Gasteiger partial charge is 0.350 e. The van der Waals surface area contributed by atoms with Crippen LogP contribution in [0.25, 0.3) is 0 Å². The van der Waals surface area contributed by atoms with Gasteiger partial charge < -0.3 is 10.6 Å². The maximum absolute atomic E-state index is 13.0. The highest BCUT2D eigenvalue weighted by atomic mass is 35.5. The molecule has 1 heterocycles. The first-order valence-corrected chi connectivity index (χ1v) is 11.6. The SMILES string of the molecule is CC(C)c1ccc(N2C(=O)C(Cl)=C(Nc3ccc(C(=O)Nc4cccc(C(F)(F)F)c4)cc3)C2=O)cc1. The van der Waals surface area contributed by atoms with Crippen LogP contribution in [0.3, 0.4) is 0 Å². The number of anilines is 3. The summed E-state index contributed by atoms with van der Waals surface area (Å²) in [6, 6.07) is 17.1. The van der Waals surface area contributed by atoms with Gasteiger partial charge in [0.15, 0.2) is 0 Å². The molecule has 3 aromatic carbocycles. The number of rotatable bonds is 6. The average Bonchev–Trinajstić information content (AvgIpc) is 3.07. The van der Waals surface area contributed by atoms with E-state index < -0.39 is 29.5 Å². The summed E-state index contributed by atoms with van der Waals surface area (Å²) in [4.78, 5) is 39.1. The summed E-state index contributed by atoms with van der Waals surface area (Å²) < 4.78 is 38.7. The summed E-state index contributed by atoms with van der Waals surface area (Å²) in [6.45, 7) is 4.06. The van der Waals surface area contributed by atoms with Gasteiger partial charge in [0.05, 0.1) is 11.3 Å². The molecule has 1 aliphatic heterocycles. The Hall–Kier alpha value is -4.11. The van der Waals surface area contributed by atoms with E-state index in [2.05, 4.69) is 10.6 Å². The number of hydrogen-bond acceptors (Lipinski definition) is 4. The number of benzene rings is 3. The maximum Gasteiger partial charge on any atom is 0.416 e. The Kier molecular flexibility index (Phi) is 7.09. The Bertz CT molecular complexity index is 1400. The molecular weight excluding hydrogens is 507 g/mol. The molecule has 0 saturated carbocycles. The van der Waals surface area contributed by atoms with Gasteiger partial charge in [-0.25, -0.2) is 4.90 Å². The molecule has 37 heavy (non-hydrogen) atoms. The Balaban J connectivity index is 1.46. The molecule has 0 unspecified atom stereocenters. The summed E-state index contributed by atoms with van der Waals surface area (Å²) in [7, 11) is 0. The van der Waals surface area contributed by atoms with E-state index >= 15 is 0 Å². The van der Waals surface area contributed by atoms with Crippen LogP contribution in [0.1, 0.15) is 41.3 Å². The molecule has 6 nitrogen and oxygen atoms in total. The predicted molar refractivity (Wildman–Crippen MR) is 135 cm³/mol. The quantitative estimate of drug-likeness (QED) is 0.358. The molecule has 2 N–H and O–H groups in total. The van der Waals surface area contributed by atoms with E-state index in [1.54, 1.807) is 12.1 Å². The Labute approximate surface area is 215 Å². The van der Waals surface area contributed by atoms with E-state index in [1.165, 1.54) is 36.4 Å².